The fourth-order valence-corrected chi connectivity index (χ4v) is 2.27. The maximum absolute atomic E-state index is 11.4. The molecule has 0 aliphatic carbocycles. The average Bonchev–Trinajstić information content (AvgIpc) is 3.07. The zero-order valence-corrected chi connectivity index (χ0v) is 12.1. The standard InChI is InChI=1S/C12H13N3O5S/c1-3-19-11(18)7-4-20-12(15-7)13-6(2)9-14-8(5-21-9)10(16)17/h4-6H,3H2,1-2H3,(H,13,15)(H,16,17). The first-order valence-corrected chi connectivity index (χ1v) is 6.97. The van der Waals surface area contributed by atoms with E-state index in [9.17, 15) is 9.59 Å². The number of carboxylic acid groups (broad SMARTS) is 1. The number of carbonyl (C=O) groups is 2. The number of hydrogen-bond acceptors (Lipinski definition) is 8. The lowest BCUT2D eigenvalue weighted by Crippen LogP contribution is -2.09. The quantitative estimate of drug-likeness (QED) is 0.780. The molecule has 2 N–H and O–H groups in total. The second-order valence-electron chi connectivity index (χ2n) is 4.00. The summed E-state index contributed by atoms with van der Waals surface area (Å²) in [6, 6.07) is -0.172. The molecule has 2 aromatic heterocycles. The van der Waals surface area contributed by atoms with Gasteiger partial charge in [-0.15, -0.1) is 11.3 Å². The van der Waals surface area contributed by atoms with E-state index < -0.39 is 11.9 Å². The van der Waals surface area contributed by atoms with E-state index in [1.54, 1.807) is 13.8 Å². The molecule has 0 saturated heterocycles. The van der Waals surface area contributed by atoms with Gasteiger partial charge < -0.3 is 19.6 Å². The number of thiazole rings is 1. The van der Waals surface area contributed by atoms with Crippen LogP contribution in [0.3, 0.4) is 0 Å². The summed E-state index contributed by atoms with van der Waals surface area (Å²) in [6.07, 6.45) is 1.19. The van der Waals surface area contributed by atoms with Crippen LogP contribution >= 0.6 is 11.3 Å². The van der Waals surface area contributed by atoms with Gasteiger partial charge in [-0.2, -0.15) is 4.98 Å². The number of hydrogen-bond donors (Lipinski definition) is 2. The average molecular weight is 311 g/mol. The first-order valence-electron chi connectivity index (χ1n) is 6.09. The van der Waals surface area contributed by atoms with Gasteiger partial charge in [0.15, 0.2) is 11.4 Å². The van der Waals surface area contributed by atoms with Crippen LogP contribution in [0.15, 0.2) is 16.1 Å². The number of nitrogens with one attached hydrogen (secondary N) is 1. The molecule has 0 fully saturated rings. The molecule has 9 heteroatoms. The first kappa shape index (κ1) is 15.0. The minimum atomic E-state index is -1.08. The normalized spacial score (nSPS) is 11.9. The van der Waals surface area contributed by atoms with Crippen molar-refractivity contribution in [3.63, 3.8) is 0 Å². The van der Waals surface area contributed by atoms with E-state index in [0.29, 0.717) is 5.01 Å². The zero-order valence-electron chi connectivity index (χ0n) is 11.3. The van der Waals surface area contributed by atoms with E-state index in [0.717, 1.165) is 0 Å². The number of carboxylic acids is 1. The van der Waals surface area contributed by atoms with Gasteiger partial charge in [-0.25, -0.2) is 14.6 Å². The van der Waals surface area contributed by atoms with Gasteiger partial charge in [0.25, 0.3) is 6.01 Å². The van der Waals surface area contributed by atoms with Gasteiger partial charge in [0.05, 0.1) is 12.6 Å². The summed E-state index contributed by atoms with van der Waals surface area (Å²) < 4.78 is 9.91. The predicted octanol–water partition coefficient (Wildman–Crippen LogP) is 2.18. The Labute approximate surface area is 123 Å². The molecule has 0 radical (unpaired) electrons. The molecule has 112 valence electrons. The lowest BCUT2D eigenvalue weighted by Gasteiger charge is -2.07. The monoisotopic (exact) mass is 311 g/mol. The van der Waals surface area contributed by atoms with Crippen molar-refractivity contribution in [2.75, 3.05) is 11.9 Å². The predicted molar refractivity (Wildman–Crippen MR) is 73.6 cm³/mol. The molecule has 0 spiro atoms. The van der Waals surface area contributed by atoms with E-state index in [-0.39, 0.29) is 30.1 Å². The molecular weight excluding hydrogens is 298 g/mol. The highest BCUT2D eigenvalue weighted by molar-refractivity contribution is 7.09. The summed E-state index contributed by atoms with van der Waals surface area (Å²) in [6.45, 7) is 3.72. The molecule has 21 heavy (non-hydrogen) atoms. The molecule has 0 bridgehead atoms. The number of rotatable bonds is 6. The molecule has 2 aromatic rings. The highest BCUT2D eigenvalue weighted by Gasteiger charge is 2.18. The van der Waals surface area contributed by atoms with Gasteiger partial charge in [0.2, 0.25) is 0 Å². The highest BCUT2D eigenvalue weighted by atomic mass is 32.1. The molecule has 1 atom stereocenters. The number of ether oxygens (including phenoxy) is 1. The van der Waals surface area contributed by atoms with E-state index in [2.05, 4.69) is 15.3 Å². The second kappa shape index (κ2) is 6.35. The number of aromatic carboxylic acids is 1. The molecule has 0 aromatic carbocycles. The fourth-order valence-electron chi connectivity index (χ4n) is 1.47. The van der Waals surface area contributed by atoms with Crippen molar-refractivity contribution in [2.24, 2.45) is 0 Å². The number of oxazole rings is 1. The molecule has 0 saturated carbocycles. The van der Waals surface area contributed by atoms with Crippen molar-refractivity contribution >= 4 is 29.3 Å². The molecule has 1 unspecified atom stereocenters. The largest absolute Gasteiger partial charge is 0.476 e. The smallest absolute Gasteiger partial charge is 0.360 e. The topological polar surface area (TPSA) is 115 Å². The van der Waals surface area contributed by atoms with Gasteiger partial charge in [0.1, 0.15) is 11.3 Å². The van der Waals surface area contributed by atoms with Crippen molar-refractivity contribution in [1.29, 1.82) is 0 Å². The lowest BCUT2D eigenvalue weighted by atomic mass is 10.3. The maximum Gasteiger partial charge on any atom is 0.360 e. The van der Waals surface area contributed by atoms with Crippen LogP contribution in [0.25, 0.3) is 0 Å². The first-order chi connectivity index (χ1) is 10.0. The number of nitrogens with zero attached hydrogens (tertiary/aromatic N) is 2. The third-order valence-corrected chi connectivity index (χ3v) is 3.47. The van der Waals surface area contributed by atoms with Crippen LogP contribution in [0.5, 0.6) is 0 Å². The zero-order chi connectivity index (χ0) is 15.4. The van der Waals surface area contributed by atoms with Crippen LogP contribution < -0.4 is 5.32 Å². The van der Waals surface area contributed by atoms with Crippen molar-refractivity contribution in [1.82, 2.24) is 9.97 Å². The third-order valence-electron chi connectivity index (χ3n) is 2.44. The van der Waals surface area contributed by atoms with Crippen LogP contribution in [0, 0.1) is 0 Å². The Morgan fingerprint density at radius 3 is 2.86 bits per heavy atom. The van der Waals surface area contributed by atoms with Crippen molar-refractivity contribution in [3.05, 3.63) is 28.0 Å². The summed E-state index contributed by atoms with van der Waals surface area (Å²) >= 11 is 1.21. The fraction of sp³-hybridized carbons (Fsp3) is 0.333. The Morgan fingerprint density at radius 2 is 2.24 bits per heavy atom. The minimum absolute atomic E-state index is 0.0109. The van der Waals surface area contributed by atoms with Crippen LogP contribution in [0.1, 0.15) is 45.9 Å². The van der Waals surface area contributed by atoms with Crippen LogP contribution in [0.2, 0.25) is 0 Å². The molecule has 0 amide bonds. The summed E-state index contributed by atoms with van der Waals surface area (Å²) in [5.74, 6) is -1.64. The van der Waals surface area contributed by atoms with Gasteiger partial charge in [-0.1, -0.05) is 0 Å². The van der Waals surface area contributed by atoms with E-state index in [1.807, 2.05) is 0 Å². The molecule has 8 nitrogen and oxygen atoms in total. The summed E-state index contributed by atoms with van der Waals surface area (Å²) in [4.78, 5) is 30.1. The van der Waals surface area contributed by atoms with Gasteiger partial charge in [0, 0.05) is 5.38 Å². The van der Waals surface area contributed by atoms with Gasteiger partial charge in [-0.3, -0.25) is 0 Å². The molecular formula is C12H13N3O5S. The minimum Gasteiger partial charge on any atom is -0.476 e. The molecule has 2 heterocycles. The summed E-state index contributed by atoms with van der Waals surface area (Å²) in [5.41, 5.74) is 0.0557. The Bertz CT molecular complexity index is 651. The lowest BCUT2D eigenvalue weighted by molar-refractivity contribution is 0.0519. The molecule has 0 aliphatic heterocycles. The Morgan fingerprint density at radius 1 is 1.48 bits per heavy atom. The SMILES string of the molecule is CCOC(=O)c1coc(NC(C)c2nc(C(=O)O)cs2)n1. The second-order valence-corrected chi connectivity index (χ2v) is 4.89. The molecule has 2 rings (SSSR count). The van der Waals surface area contributed by atoms with E-state index in [1.165, 1.54) is 23.0 Å². The summed E-state index contributed by atoms with van der Waals surface area (Å²) in [5, 5.41) is 13.7. The summed E-state index contributed by atoms with van der Waals surface area (Å²) in [7, 11) is 0. The Kier molecular flexibility index (Phi) is 4.53. The van der Waals surface area contributed by atoms with E-state index in [4.69, 9.17) is 14.3 Å². The number of aromatic nitrogens is 2. The highest BCUT2D eigenvalue weighted by Crippen LogP contribution is 2.22. The Hall–Kier alpha value is -2.42. The van der Waals surface area contributed by atoms with Crippen LogP contribution in [0.4, 0.5) is 6.01 Å². The van der Waals surface area contributed by atoms with Crippen LogP contribution in [-0.2, 0) is 4.74 Å². The van der Waals surface area contributed by atoms with Crippen molar-refractivity contribution < 1.29 is 23.8 Å². The van der Waals surface area contributed by atoms with Crippen LogP contribution in [-0.4, -0.2) is 33.6 Å². The van der Waals surface area contributed by atoms with Crippen molar-refractivity contribution in [3.8, 4) is 0 Å². The van der Waals surface area contributed by atoms with Crippen molar-refractivity contribution in [2.45, 2.75) is 19.9 Å². The molecule has 0 aliphatic rings. The van der Waals surface area contributed by atoms with E-state index >= 15 is 0 Å². The third kappa shape index (κ3) is 3.57. The maximum atomic E-state index is 11.4. The number of carbonyl (C=O) groups excluding carboxylic acids is 1. The van der Waals surface area contributed by atoms with Gasteiger partial charge >= 0.3 is 11.9 Å². The number of anilines is 1. The Balaban J connectivity index is 2.03. The number of esters is 1. The van der Waals surface area contributed by atoms with Gasteiger partial charge in [-0.05, 0) is 13.8 Å².